The lowest BCUT2D eigenvalue weighted by atomic mass is 10.1. The maximum atomic E-state index is 13.1. The van der Waals surface area contributed by atoms with E-state index in [-0.39, 0.29) is 17.4 Å². The number of carbonyl (C=O) groups is 3. The molecule has 0 spiro atoms. The first-order valence-corrected chi connectivity index (χ1v) is 13.5. The Morgan fingerprint density at radius 2 is 1.64 bits per heavy atom. The molecule has 3 amide bonds. The standard InChI is InChI=1S/C31H29N3O4S/c1-3-22-12-7-9-21(2)29(22)34-28(35)20-39-26-16-14-24(15-17-26)32-31(37)27(19-25-13-8-18-38-25)33-30(36)23-10-5-4-6-11-23/h4-19H,3,20H2,1-2H3,(H,32,37)(H,33,36)(H,34,35)/b27-19-. The van der Waals surface area contributed by atoms with Crippen LogP contribution >= 0.6 is 11.8 Å². The van der Waals surface area contributed by atoms with Crippen molar-refractivity contribution in [3.05, 3.63) is 119 Å². The first kappa shape index (κ1) is 27.5. The Morgan fingerprint density at radius 3 is 2.33 bits per heavy atom. The maximum Gasteiger partial charge on any atom is 0.272 e. The topological polar surface area (TPSA) is 100 Å². The zero-order chi connectivity index (χ0) is 27.6. The summed E-state index contributed by atoms with van der Waals surface area (Å²) in [5.74, 6) is -0.311. The van der Waals surface area contributed by atoms with Crippen LogP contribution in [0.25, 0.3) is 6.08 Å². The lowest BCUT2D eigenvalue weighted by Gasteiger charge is -2.13. The molecule has 4 aromatic rings. The summed E-state index contributed by atoms with van der Waals surface area (Å²) in [4.78, 5) is 39.2. The molecule has 0 saturated carbocycles. The van der Waals surface area contributed by atoms with Gasteiger partial charge >= 0.3 is 0 Å². The number of hydrogen-bond acceptors (Lipinski definition) is 5. The van der Waals surface area contributed by atoms with Crippen LogP contribution in [0, 0.1) is 6.92 Å². The predicted octanol–water partition coefficient (Wildman–Crippen LogP) is 6.29. The molecule has 0 unspecified atom stereocenters. The van der Waals surface area contributed by atoms with E-state index in [1.165, 1.54) is 24.1 Å². The Kier molecular flexibility index (Phi) is 9.37. The van der Waals surface area contributed by atoms with Crippen molar-refractivity contribution in [2.24, 2.45) is 0 Å². The van der Waals surface area contributed by atoms with Gasteiger partial charge in [-0.25, -0.2) is 0 Å². The van der Waals surface area contributed by atoms with Gasteiger partial charge in [-0.3, -0.25) is 14.4 Å². The van der Waals surface area contributed by atoms with E-state index in [1.807, 2.05) is 43.3 Å². The van der Waals surface area contributed by atoms with Gasteiger partial charge in [0.25, 0.3) is 11.8 Å². The summed E-state index contributed by atoms with van der Waals surface area (Å²) in [5.41, 5.74) is 4.02. The number of furan rings is 1. The van der Waals surface area contributed by atoms with Gasteiger partial charge in [0.2, 0.25) is 5.91 Å². The number of thioether (sulfide) groups is 1. The number of amides is 3. The summed E-state index contributed by atoms with van der Waals surface area (Å²) in [6.45, 7) is 4.05. The van der Waals surface area contributed by atoms with E-state index in [0.717, 1.165) is 28.1 Å². The SMILES string of the molecule is CCc1cccc(C)c1NC(=O)CSc1ccc(NC(=O)/C(=C/c2ccco2)NC(=O)c2ccccc2)cc1. The molecule has 3 aromatic carbocycles. The van der Waals surface area contributed by atoms with Gasteiger partial charge in [-0.1, -0.05) is 43.3 Å². The highest BCUT2D eigenvalue weighted by molar-refractivity contribution is 8.00. The Labute approximate surface area is 231 Å². The summed E-state index contributed by atoms with van der Waals surface area (Å²) in [6, 6.07) is 25.2. The van der Waals surface area contributed by atoms with E-state index in [1.54, 1.807) is 48.5 Å². The molecular formula is C31H29N3O4S. The average Bonchev–Trinajstić information content (AvgIpc) is 3.47. The number of para-hydroxylation sites is 1. The van der Waals surface area contributed by atoms with Crippen molar-refractivity contribution < 1.29 is 18.8 Å². The smallest absolute Gasteiger partial charge is 0.272 e. The lowest BCUT2D eigenvalue weighted by Crippen LogP contribution is -2.30. The van der Waals surface area contributed by atoms with Gasteiger partial charge in [-0.15, -0.1) is 11.8 Å². The second-order valence-electron chi connectivity index (χ2n) is 8.67. The van der Waals surface area contributed by atoms with Crippen LogP contribution in [0.4, 0.5) is 11.4 Å². The van der Waals surface area contributed by atoms with Crippen LogP contribution < -0.4 is 16.0 Å². The Bertz CT molecular complexity index is 1460. The fourth-order valence-electron chi connectivity index (χ4n) is 3.82. The third-order valence-electron chi connectivity index (χ3n) is 5.85. The molecule has 0 fully saturated rings. The van der Waals surface area contributed by atoms with Crippen molar-refractivity contribution >= 4 is 46.9 Å². The number of hydrogen-bond donors (Lipinski definition) is 3. The summed E-state index contributed by atoms with van der Waals surface area (Å²) < 4.78 is 5.33. The van der Waals surface area contributed by atoms with Crippen molar-refractivity contribution in [2.75, 3.05) is 16.4 Å². The first-order valence-electron chi connectivity index (χ1n) is 12.5. The number of benzene rings is 3. The van der Waals surface area contributed by atoms with Gasteiger partial charge in [0, 0.05) is 27.9 Å². The molecule has 0 aliphatic heterocycles. The van der Waals surface area contributed by atoms with Crippen molar-refractivity contribution in [1.82, 2.24) is 5.32 Å². The van der Waals surface area contributed by atoms with Crippen LogP contribution in [-0.2, 0) is 16.0 Å². The molecule has 0 atom stereocenters. The van der Waals surface area contributed by atoms with E-state index >= 15 is 0 Å². The molecule has 4 rings (SSSR count). The summed E-state index contributed by atoms with van der Waals surface area (Å²) >= 11 is 1.40. The van der Waals surface area contributed by atoms with Gasteiger partial charge in [0.05, 0.1) is 12.0 Å². The minimum absolute atomic E-state index is 0.0385. The van der Waals surface area contributed by atoms with Crippen molar-refractivity contribution in [3.8, 4) is 0 Å². The van der Waals surface area contributed by atoms with Crippen molar-refractivity contribution in [1.29, 1.82) is 0 Å². The van der Waals surface area contributed by atoms with Gasteiger partial charge in [0.15, 0.2) is 0 Å². The van der Waals surface area contributed by atoms with E-state index in [2.05, 4.69) is 22.9 Å². The fraction of sp³-hybridized carbons (Fsp3) is 0.129. The van der Waals surface area contributed by atoms with Crippen LogP contribution in [0.3, 0.4) is 0 Å². The summed E-state index contributed by atoms with van der Waals surface area (Å²) in [7, 11) is 0. The maximum absolute atomic E-state index is 13.1. The molecule has 1 aromatic heterocycles. The van der Waals surface area contributed by atoms with Crippen LogP contribution in [0.1, 0.15) is 34.2 Å². The molecule has 1 heterocycles. The van der Waals surface area contributed by atoms with E-state index in [0.29, 0.717) is 17.0 Å². The molecule has 0 aliphatic rings. The quantitative estimate of drug-likeness (QED) is 0.162. The zero-order valence-corrected chi connectivity index (χ0v) is 22.5. The monoisotopic (exact) mass is 539 g/mol. The van der Waals surface area contributed by atoms with E-state index in [9.17, 15) is 14.4 Å². The highest BCUT2D eigenvalue weighted by Crippen LogP contribution is 2.24. The Morgan fingerprint density at radius 1 is 0.872 bits per heavy atom. The lowest BCUT2D eigenvalue weighted by molar-refractivity contribution is -0.114. The fourth-order valence-corrected chi connectivity index (χ4v) is 4.52. The van der Waals surface area contributed by atoms with Crippen LogP contribution in [0.15, 0.2) is 106 Å². The molecule has 0 radical (unpaired) electrons. The molecular weight excluding hydrogens is 510 g/mol. The third kappa shape index (κ3) is 7.72. The second kappa shape index (κ2) is 13.3. The van der Waals surface area contributed by atoms with Gasteiger partial charge in [-0.05, 0) is 73.0 Å². The Hall–Kier alpha value is -4.56. The molecule has 7 nitrogen and oxygen atoms in total. The zero-order valence-electron chi connectivity index (χ0n) is 21.7. The van der Waals surface area contributed by atoms with E-state index < -0.39 is 11.8 Å². The number of rotatable bonds is 10. The third-order valence-corrected chi connectivity index (χ3v) is 6.86. The first-order chi connectivity index (χ1) is 18.9. The highest BCUT2D eigenvalue weighted by atomic mass is 32.2. The van der Waals surface area contributed by atoms with Crippen molar-refractivity contribution in [3.63, 3.8) is 0 Å². The Balaban J connectivity index is 1.37. The van der Waals surface area contributed by atoms with E-state index in [4.69, 9.17) is 4.42 Å². The highest BCUT2D eigenvalue weighted by Gasteiger charge is 2.16. The number of anilines is 2. The predicted molar refractivity (Wildman–Crippen MR) is 156 cm³/mol. The van der Waals surface area contributed by atoms with Gasteiger partial charge < -0.3 is 20.4 Å². The molecule has 3 N–H and O–H groups in total. The largest absolute Gasteiger partial charge is 0.465 e. The number of carbonyl (C=O) groups excluding carboxylic acids is 3. The van der Waals surface area contributed by atoms with Gasteiger partial charge in [-0.2, -0.15) is 0 Å². The second-order valence-corrected chi connectivity index (χ2v) is 9.72. The summed E-state index contributed by atoms with van der Waals surface area (Å²) in [6.07, 6.45) is 3.80. The van der Waals surface area contributed by atoms with Crippen molar-refractivity contribution in [2.45, 2.75) is 25.2 Å². The summed E-state index contributed by atoms with van der Waals surface area (Å²) in [5, 5.41) is 8.50. The normalized spacial score (nSPS) is 11.1. The molecule has 8 heteroatoms. The number of aryl methyl sites for hydroxylation is 2. The van der Waals surface area contributed by atoms with Gasteiger partial charge in [0.1, 0.15) is 11.5 Å². The molecule has 198 valence electrons. The van der Waals surface area contributed by atoms with Crippen LogP contribution in [0.5, 0.6) is 0 Å². The number of nitrogens with one attached hydrogen (secondary N) is 3. The molecule has 0 aliphatic carbocycles. The minimum Gasteiger partial charge on any atom is -0.465 e. The van der Waals surface area contributed by atoms with Crippen LogP contribution in [-0.4, -0.2) is 23.5 Å². The molecule has 39 heavy (non-hydrogen) atoms. The van der Waals surface area contributed by atoms with Crippen LogP contribution in [0.2, 0.25) is 0 Å². The minimum atomic E-state index is -0.500. The average molecular weight is 540 g/mol. The molecule has 0 bridgehead atoms. The molecule has 0 saturated heterocycles.